The Kier molecular flexibility index (Phi) is 6.52. The summed E-state index contributed by atoms with van der Waals surface area (Å²) in [5.74, 6) is 0.851. The molecule has 0 amide bonds. The van der Waals surface area contributed by atoms with Crippen LogP contribution in [-0.2, 0) is 6.42 Å². The van der Waals surface area contributed by atoms with Crippen LogP contribution >= 0.6 is 12.4 Å². The van der Waals surface area contributed by atoms with Crippen LogP contribution in [0.4, 0.5) is 0 Å². The first-order valence-corrected chi connectivity index (χ1v) is 6.32. The highest BCUT2D eigenvalue weighted by atomic mass is 35.5. The molecule has 0 aliphatic carbocycles. The number of halogens is 1. The second-order valence-corrected chi connectivity index (χ2v) is 4.58. The van der Waals surface area contributed by atoms with Gasteiger partial charge in [0, 0.05) is 6.04 Å². The molecule has 0 bridgehead atoms. The maximum atomic E-state index is 8.95. The first-order chi connectivity index (χ1) is 9.22. The monoisotopic (exact) mass is 293 g/mol. The summed E-state index contributed by atoms with van der Waals surface area (Å²) in [6.07, 6.45) is 0.689. The van der Waals surface area contributed by atoms with Crippen LogP contribution in [-0.4, -0.2) is 24.9 Å². The third-order valence-electron chi connectivity index (χ3n) is 3.09. The molecule has 0 saturated carbocycles. The minimum atomic E-state index is -0.192. The summed E-state index contributed by atoms with van der Waals surface area (Å²) in [5.41, 5.74) is 9.12. The maximum absolute atomic E-state index is 8.95. The highest BCUT2D eigenvalue weighted by Gasteiger charge is 2.03. The van der Waals surface area contributed by atoms with E-state index in [2.05, 4.69) is 18.2 Å². The lowest BCUT2D eigenvalue weighted by molar-refractivity contribution is 0.265. The van der Waals surface area contributed by atoms with E-state index in [-0.39, 0.29) is 25.1 Å². The van der Waals surface area contributed by atoms with Gasteiger partial charge in [-0.05, 0) is 35.2 Å². The number of ether oxygens (including phenoxy) is 1. The van der Waals surface area contributed by atoms with Gasteiger partial charge < -0.3 is 15.6 Å². The third kappa shape index (κ3) is 4.23. The molecule has 0 aliphatic heterocycles. The molecule has 0 fully saturated rings. The fourth-order valence-electron chi connectivity index (χ4n) is 2.00. The largest absolute Gasteiger partial charge is 0.497 e. The zero-order valence-electron chi connectivity index (χ0n) is 11.5. The van der Waals surface area contributed by atoms with Crippen LogP contribution in [0.3, 0.4) is 0 Å². The normalized spacial score (nSPS) is 11.6. The Labute approximate surface area is 125 Å². The average molecular weight is 294 g/mol. The number of hydrogen-bond donors (Lipinski definition) is 2. The minimum absolute atomic E-state index is 0. The quantitative estimate of drug-likeness (QED) is 0.891. The summed E-state index contributed by atoms with van der Waals surface area (Å²) in [7, 11) is 1.67. The number of aliphatic hydroxyl groups excluding tert-OH is 1. The Hall–Kier alpha value is -1.55. The zero-order valence-corrected chi connectivity index (χ0v) is 12.3. The van der Waals surface area contributed by atoms with Gasteiger partial charge >= 0.3 is 0 Å². The van der Waals surface area contributed by atoms with E-state index < -0.39 is 0 Å². The molecule has 2 aromatic rings. The zero-order chi connectivity index (χ0) is 13.7. The molecule has 0 saturated heterocycles. The van der Waals surface area contributed by atoms with E-state index in [0.29, 0.717) is 6.42 Å². The van der Waals surface area contributed by atoms with E-state index >= 15 is 0 Å². The van der Waals surface area contributed by atoms with Crippen LogP contribution in [0.15, 0.2) is 48.5 Å². The molecule has 20 heavy (non-hydrogen) atoms. The van der Waals surface area contributed by atoms with Gasteiger partial charge in [0.2, 0.25) is 0 Å². The van der Waals surface area contributed by atoms with Crippen molar-refractivity contribution in [1.82, 2.24) is 0 Å². The smallest absolute Gasteiger partial charge is 0.119 e. The Morgan fingerprint density at radius 2 is 1.80 bits per heavy atom. The van der Waals surface area contributed by atoms with Crippen LogP contribution in [0.5, 0.6) is 5.75 Å². The Balaban J connectivity index is 0.00000200. The van der Waals surface area contributed by atoms with E-state index in [0.717, 1.165) is 22.4 Å². The highest BCUT2D eigenvalue weighted by molar-refractivity contribution is 5.85. The molecule has 1 unspecified atom stereocenters. The van der Waals surface area contributed by atoms with Crippen molar-refractivity contribution in [2.24, 2.45) is 5.73 Å². The Morgan fingerprint density at radius 3 is 2.40 bits per heavy atom. The molecule has 1 atom stereocenters. The van der Waals surface area contributed by atoms with E-state index in [1.54, 1.807) is 7.11 Å². The van der Waals surface area contributed by atoms with Crippen LogP contribution in [0.25, 0.3) is 11.1 Å². The van der Waals surface area contributed by atoms with Crippen molar-refractivity contribution in [2.45, 2.75) is 12.5 Å². The fourth-order valence-corrected chi connectivity index (χ4v) is 2.00. The van der Waals surface area contributed by atoms with Crippen LogP contribution in [0.1, 0.15) is 5.56 Å². The molecule has 2 aromatic carbocycles. The molecule has 0 radical (unpaired) electrons. The first-order valence-electron chi connectivity index (χ1n) is 6.32. The summed E-state index contributed by atoms with van der Waals surface area (Å²) in [6.45, 7) is 0.0115. The van der Waals surface area contributed by atoms with Gasteiger partial charge in [-0.15, -0.1) is 12.4 Å². The van der Waals surface area contributed by atoms with Crippen molar-refractivity contribution in [2.75, 3.05) is 13.7 Å². The van der Waals surface area contributed by atoms with Gasteiger partial charge in [-0.3, -0.25) is 0 Å². The number of aliphatic hydroxyl groups is 1. The van der Waals surface area contributed by atoms with Crippen molar-refractivity contribution in [3.8, 4) is 16.9 Å². The standard InChI is InChI=1S/C16H19NO2.ClH/c1-19-16-4-2-3-14(10-16)13-7-5-12(6-8-13)9-15(17)11-18;/h2-8,10,15,18H,9,11,17H2,1H3;1H. The van der Waals surface area contributed by atoms with Crippen molar-refractivity contribution in [1.29, 1.82) is 0 Å². The fraction of sp³-hybridized carbons (Fsp3) is 0.250. The molecule has 108 valence electrons. The molecule has 0 spiro atoms. The summed E-state index contributed by atoms with van der Waals surface area (Å²) < 4.78 is 5.22. The summed E-state index contributed by atoms with van der Waals surface area (Å²) in [4.78, 5) is 0. The molecule has 0 aliphatic rings. The van der Waals surface area contributed by atoms with Gasteiger partial charge in [0.15, 0.2) is 0 Å². The maximum Gasteiger partial charge on any atom is 0.119 e. The third-order valence-corrected chi connectivity index (χ3v) is 3.09. The van der Waals surface area contributed by atoms with Crippen molar-refractivity contribution >= 4 is 12.4 Å². The topological polar surface area (TPSA) is 55.5 Å². The van der Waals surface area contributed by atoms with Crippen LogP contribution in [0.2, 0.25) is 0 Å². The molecular formula is C16H20ClNO2. The van der Waals surface area contributed by atoms with Gasteiger partial charge in [-0.1, -0.05) is 36.4 Å². The van der Waals surface area contributed by atoms with Crippen molar-refractivity contribution < 1.29 is 9.84 Å². The lowest BCUT2D eigenvalue weighted by atomic mass is 10.0. The van der Waals surface area contributed by atoms with Gasteiger partial charge in [-0.25, -0.2) is 0 Å². The SMILES string of the molecule is COc1cccc(-c2ccc(CC(N)CO)cc2)c1.Cl. The number of methoxy groups -OCH3 is 1. The molecule has 4 heteroatoms. The molecule has 3 N–H and O–H groups in total. The lowest BCUT2D eigenvalue weighted by Crippen LogP contribution is -2.26. The van der Waals surface area contributed by atoms with E-state index in [1.165, 1.54) is 0 Å². The average Bonchev–Trinajstić information content (AvgIpc) is 2.48. The van der Waals surface area contributed by atoms with Gasteiger partial charge in [0.05, 0.1) is 13.7 Å². The van der Waals surface area contributed by atoms with Crippen molar-refractivity contribution in [3.63, 3.8) is 0 Å². The molecular weight excluding hydrogens is 274 g/mol. The van der Waals surface area contributed by atoms with E-state index in [9.17, 15) is 0 Å². The highest BCUT2D eigenvalue weighted by Crippen LogP contribution is 2.24. The minimum Gasteiger partial charge on any atom is -0.497 e. The van der Waals surface area contributed by atoms with E-state index in [1.807, 2.05) is 30.3 Å². The summed E-state index contributed by atoms with van der Waals surface area (Å²) in [5, 5.41) is 8.95. The predicted molar refractivity (Wildman–Crippen MR) is 84.4 cm³/mol. The lowest BCUT2D eigenvalue weighted by Gasteiger charge is -2.09. The van der Waals surface area contributed by atoms with Crippen molar-refractivity contribution in [3.05, 3.63) is 54.1 Å². The number of rotatable bonds is 5. The molecule has 0 aromatic heterocycles. The number of hydrogen-bond acceptors (Lipinski definition) is 3. The predicted octanol–water partition coefficient (Wildman–Crippen LogP) is 2.65. The van der Waals surface area contributed by atoms with E-state index in [4.69, 9.17) is 15.6 Å². The number of nitrogens with two attached hydrogens (primary N) is 1. The summed E-state index contributed by atoms with van der Waals surface area (Å²) in [6, 6.07) is 16.0. The van der Waals surface area contributed by atoms with Crippen LogP contribution in [0, 0.1) is 0 Å². The Bertz CT molecular complexity index is 528. The molecule has 0 heterocycles. The van der Waals surface area contributed by atoms with Gasteiger partial charge in [0.1, 0.15) is 5.75 Å². The second kappa shape index (κ2) is 7.90. The molecule has 3 nitrogen and oxygen atoms in total. The first kappa shape index (κ1) is 16.5. The Morgan fingerprint density at radius 1 is 1.10 bits per heavy atom. The second-order valence-electron chi connectivity index (χ2n) is 4.58. The van der Waals surface area contributed by atoms with Gasteiger partial charge in [0.25, 0.3) is 0 Å². The summed E-state index contributed by atoms with van der Waals surface area (Å²) >= 11 is 0. The number of benzene rings is 2. The van der Waals surface area contributed by atoms with Gasteiger partial charge in [-0.2, -0.15) is 0 Å². The van der Waals surface area contributed by atoms with Crippen LogP contribution < -0.4 is 10.5 Å². The molecule has 2 rings (SSSR count).